The third-order valence-electron chi connectivity index (χ3n) is 11.2. The van der Waals surface area contributed by atoms with Gasteiger partial charge < -0.3 is 57.3 Å². The Balaban J connectivity index is 1.67. The number of benzene rings is 1. The Morgan fingerprint density at radius 2 is 1.42 bits per heavy atom. The number of para-hydroxylation sites is 1. The summed E-state index contributed by atoms with van der Waals surface area (Å²) in [6, 6.07) is -1.30. The number of thioether (sulfide) groups is 1. The molecule has 4 heterocycles. The van der Waals surface area contributed by atoms with Crippen LogP contribution in [0.3, 0.4) is 0 Å². The number of carboxylic acid groups (broad SMARTS) is 1. The van der Waals surface area contributed by atoms with Gasteiger partial charge in [-0.15, -0.1) is 11.8 Å². The van der Waals surface area contributed by atoms with E-state index in [1.54, 1.807) is 52.0 Å². The third kappa shape index (κ3) is 10.9. The summed E-state index contributed by atoms with van der Waals surface area (Å²) < 4.78 is 0. The molecule has 2 bridgehead atoms. The van der Waals surface area contributed by atoms with Gasteiger partial charge >= 0.3 is 5.97 Å². The van der Waals surface area contributed by atoms with Crippen LogP contribution in [0, 0.1) is 11.8 Å². The summed E-state index contributed by atoms with van der Waals surface area (Å²) >= 11 is 1.06. The van der Waals surface area contributed by atoms with Crippen molar-refractivity contribution >= 4 is 75.9 Å². The van der Waals surface area contributed by atoms with E-state index in [1.807, 2.05) is 0 Å². The Bertz CT molecular complexity index is 2010. The van der Waals surface area contributed by atoms with Gasteiger partial charge in [0.1, 0.15) is 36.3 Å². The largest absolute Gasteiger partial charge is 0.481 e. The summed E-state index contributed by atoms with van der Waals surface area (Å²) in [6.07, 6.45) is -1.75. The SMILES string of the molecule is CC[C@H](C)C1NC(=O)CNC(=O)[C@@H]2Cc3c([nH]c4ccccc34)SC[C@H](NC(=O)CNC1=O)C(=O)N[C@@H](CC(=O)O)C(=O)N1C[C@H](O)C[C@H]1C(=O)N[C@@H]([C@@H](C)CC)C(=O)N2. The maximum Gasteiger partial charge on any atom is 0.305 e. The summed E-state index contributed by atoms with van der Waals surface area (Å²) in [5.41, 5.74) is 1.15. The molecule has 0 radical (unpaired) electrons. The Kier molecular flexibility index (Phi) is 15.2. The molecular weight excluding hydrogens is 803 g/mol. The van der Waals surface area contributed by atoms with E-state index in [1.165, 1.54) is 0 Å². The number of nitrogens with zero attached hydrogens (tertiary/aromatic N) is 1. The zero-order valence-electron chi connectivity index (χ0n) is 33.8. The number of carbonyl (C=O) groups excluding carboxylic acids is 8. The number of aromatic nitrogens is 1. The van der Waals surface area contributed by atoms with Gasteiger partial charge in [0.25, 0.3) is 0 Å². The lowest BCUT2D eigenvalue weighted by Crippen LogP contribution is -2.61. The fraction of sp³-hybridized carbons (Fsp3) is 0.564. The number of aliphatic carboxylic acids is 1. The van der Waals surface area contributed by atoms with Crippen LogP contribution in [0.4, 0.5) is 0 Å². The van der Waals surface area contributed by atoms with Crippen molar-refractivity contribution in [2.75, 3.05) is 25.4 Å². The van der Waals surface area contributed by atoms with Gasteiger partial charge in [-0.2, -0.15) is 0 Å². The van der Waals surface area contributed by atoms with Crippen LogP contribution in [-0.2, 0) is 49.6 Å². The van der Waals surface area contributed by atoms with Gasteiger partial charge in [-0.05, 0) is 23.5 Å². The number of carbonyl (C=O) groups is 9. The highest BCUT2D eigenvalue weighted by atomic mass is 32.2. The molecule has 20 nitrogen and oxygen atoms in total. The molecule has 0 spiro atoms. The quantitative estimate of drug-likeness (QED) is 0.151. The molecule has 60 heavy (non-hydrogen) atoms. The smallest absolute Gasteiger partial charge is 0.305 e. The molecule has 326 valence electrons. The number of rotatable bonds is 6. The van der Waals surface area contributed by atoms with Crippen LogP contribution in [0.15, 0.2) is 29.3 Å². The molecule has 0 saturated carbocycles. The van der Waals surface area contributed by atoms with E-state index in [9.17, 15) is 53.4 Å². The molecule has 1 saturated heterocycles. The Hall–Kier alpha value is -5.70. The van der Waals surface area contributed by atoms with Gasteiger partial charge in [0.05, 0.1) is 30.6 Å². The first-order chi connectivity index (χ1) is 28.5. The first kappa shape index (κ1) is 45.4. The molecule has 0 aliphatic carbocycles. The summed E-state index contributed by atoms with van der Waals surface area (Å²) in [7, 11) is 0. The van der Waals surface area contributed by atoms with Crippen molar-refractivity contribution in [2.24, 2.45) is 11.8 Å². The average Bonchev–Trinajstić information content (AvgIpc) is 3.78. The Labute approximate surface area is 349 Å². The molecular formula is C39H53N9O11S. The van der Waals surface area contributed by atoms with E-state index in [0.717, 1.165) is 16.7 Å². The van der Waals surface area contributed by atoms with Crippen LogP contribution in [0.1, 0.15) is 58.9 Å². The lowest BCUT2D eigenvalue weighted by atomic mass is 9.96. The van der Waals surface area contributed by atoms with E-state index in [4.69, 9.17) is 0 Å². The van der Waals surface area contributed by atoms with E-state index in [2.05, 4.69) is 42.2 Å². The van der Waals surface area contributed by atoms with E-state index >= 15 is 0 Å². The summed E-state index contributed by atoms with van der Waals surface area (Å²) in [5, 5.41) is 39.7. The highest BCUT2D eigenvalue weighted by Gasteiger charge is 2.44. The zero-order valence-corrected chi connectivity index (χ0v) is 34.6. The Morgan fingerprint density at radius 1 is 0.783 bits per heavy atom. The minimum absolute atomic E-state index is 0.161. The van der Waals surface area contributed by atoms with Crippen LogP contribution < -0.4 is 37.2 Å². The minimum atomic E-state index is -1.76. The lowest BCUT2D eigenvalue weighted by Gasteiger charge is -2.31. The van der Waals surface area contributed by atoms with Crippen molar-refractivity contribution < 1.29 is 53.4 Å². The van der Waals surface area contributed by atoms with Gasteiger partial charge in [-0.25, -0.2) is 0 Å². The fourth-order valence-corrected chi connectivity index (χ4v) is 8.49. The van der Waals surface area contributed by atoms with Crippen LogP contribution in [0.5, 0.6) is 0 Å². The number of aliphatic hydroxyl groups is 1. The molecule has 2 aromatic rings. The summed E-state index contributed by atoms with van der Waals surface area (Å²) in [6.45, 7) is 5.37. The van der Waals surface area contributed by atoms with Crippen LogP contribution in [-0.4, -0.2) is 141 Å². The maximum atomic E-state index is 14.3. The number of aliphatic hydroxyl groups excluding tert-OH is 1. The highest BCUT2D eigenvalue weighted by Crippen LogP contribution is 2.32. The van der Waals surface area contributed by atoms with E-state index in [-0.39, 0.29) is 18.6 Å². The van der Waals surface area contributed by atoms with E-state index < -0.39 is 133 Å². The zero-order chi connectivity index (χ0) is 43.8. The summed E-state index contributed by atoms with van der Waals surface area (Å²) in [5.74, 6) is -9.26. The molecule has 10 N–H and O–H groups in total. The number of fused-ring (bicyclic) bond motifs is 5. The second-order valence-electron chi connectivity index (χ2n) is 15.5. The minimum Gasteiger partial charge on any atom is -0.481 e. The monoisotopic (exact) mass is 855 g/mol. The number of amides is 8. The van der Waals surface area contributed by atoms with Crippen LogP contribution in [0.2, 0.25) is 0 Å². The second-order valence-corrected chi connectivity index (χ2v) is 16.5. The molecule has 8 amide bonds. The molecule has 3 aliphatic rings. The first-order valence-corrected chi connectivity index (χ1v) is 21.0. The molecule has 21 heteroatoms. The topological polar surface area (TPSA) is 297 Å². The summed E-state index contributed by atoms with van der Waals surface area (Å²) in [4.78, 5) is 127. The van der Waals surface area contributed by atoms with Gasteiger partial charge in [0, 0.05) is 36.0 Å². The molecule has 5 rings (SSSR count). The van der Waals surface area contributed by atoms with Crippen molar-refractivity contribution in [3.63, 3.8) is 0 Å². The third-order valence-corrected chi connectivity index (χ3v) is 12.3. The van der Waals surface area contributed by atoms with Crippen molar-refractivity contribution in [1.29, 1.82) is 0 Å². The predicted octanol–water partition coefficient (Wildman–Crippen LogP) is -1.99. The Morgan fingerprint density at radius 3 is 2.08 bits per heavy atom. The van der Waals surface area contributed by atoms with E-state index in [0.29, 0.717) is 34.3 Å². The number of H-pyrrole nitrogens is 1. The molecule has 1 fully saturated rings. The lowest BCUT2D eigenvalue weighted by molar-refractivity contribution is -0.146. The molecule has 1 aromatic heterocycles. The van der Waals surface area contributed by atoms with Crippen molar-refractivity contribution in [3.8, 4) is 0 Å². The van der Waals surface area contributed by atoms with Crippen molar-refractivity contribution in [1.82, 2.24) is 47.1 Å². The second kappa shape index (κ2) is 20.0. The molecule has 1 unspecified atom stereocenters. The van der Waals surface area contributed by atoms with Crippen molar-refractivity contribution in [3.05, 3.63) is 29.8 Å². The van der Waals surface area contributed by atoms with Crippen molar-refractivity contribution in [2.45, 2.75) is 107 Å². The number of hydrogen-bond acceptors (Lipinski definition) is 11. The van der Waals surface area contributed by atoms with Gasteiger partial charge in [-0.3, -0.25) is 43.2 Å². The average molecular weight is 856 g/mol. The maximum absolute atomic E-state index is 14.3. The molecule has 1 aromatic carbocycles. The standard InChI is InChI=1S/C39H53N9O11S/c1-5-18(3)31-36(57)41-14-28(50)42-26-17-60-38-22(21-9-7-8-10-23(21)45-38)12-24(33(54)40-15-29(51)46-31)43-37(58)32(19(4)6-2)47-35(56)27-11-20(49)16-48(27)39(59)25(13-30(52)53)44-34(26)55/h7-10,18-20,24-27,31-32,45,49H,5-6,11-17H2,1-4H3,(H,40,54)(H,41,57)(H,42,50)(H,43,58)(H,44,55)(H,46,51)(H,47,56)(H,52,53)/t18-,19-,20+,24-,25-,26-,27-,31?,32-/m0/s1. The normalized spacial score (nSPS) is 27.8. The molecule has 9 atom stereocenters. The van der Waals surface area contributed by atoms with Gasteiger partial charge in [-0.1, -0.05) is 58.7 Å². The van der Waals surface area contributed by atoms with Crippen LogP contribution in [0.25, 0.3) is 10.9 Å². The van der Waals surface area contributed by atoms with Crippen LogP contribution >= 0.6 is 11.8 Å². The molecule has 3 aliphatic heterocycles. The number of nitrogens with one attached hydrogen (secondary N) is 8. The highest BCUT2D eigenvalue weighted by molar-refractivity contribution is 7.99. The number of carboxylic acids is 1. The van der Waals surface area contributed by atoms with Gasteiger partial charge in [0.15, 0.2) is 0 Å². The first-order valence-electron chi connectivity index (χ1n) is 20.0. The number of aromatic amines is 1. The predicted molar refractivity (Wildman–Crippen MR) is 216 cm³/mol. The number of hydrogen-bond donors (Lipinski definition) is 10. The fourth-order valence-electron chi connectivity index (χ4n) is 7.37. The van der Waals surface area contributed by atoms with Gasteiger partial charge in [0.2, 0.25) is 47.3 Å².